The van der Waals surface area contributed by atoms with Gasteiger partial charge in [-0.05, 0) is 39.3 Å². The van der Waals surface area contributed by atoms with E-state index in [1.54, 1.807) is 34.1 Å². The van der Waals surface area contributed by atoms with Crippen LogP contribution in [0.2, 0.25) is 0 Å². The average molecular weight is 349 g/mol. The van der Waals surface area contributed by atoms with Crippen LogP contribution in [-0.4, -0.2) is 60.2 Å². The number of carbonyl (C=O) groups excluding carboxylic acids is 2. The number of benzene rings is 1. The van der Waals surface area contributed by atoms with Gasteiger partial charge in [0, 0.05) is 37.9 Å². The summed E-state index contributed by atoms with van der Waals surface area (Å²) in [5, 5.41) is 0. The Morgan fingerprint density at radius 2 is 1.80 bits per heavy atom. The Morgan fingerprint density at radius 1 is 1.12 bits per heavy atom. The minimum Gasteiger partial charge on any atom is -0.484 e. The molecule has 2 rings (SSSR count). The van der Waals surface area contributed by atoms with Crippen LogP contribution in [0.25, 0.3) is 0 Å². The molecule has 1 aliphatic heterocycles. The van der Waals surface area contributed by atoms with Crippen molar-refractivity contribution in [3.63, 3.8) is 0 Å². The minimum absolute atomic E-state index is 0.0457. The van der Waals surface area contributed by atoms with E-state index < -0.39 is 5.60 Å². The van der Waals surface area contributed by atoms with E-state index in [0.717, 1.165) is 0 Å². The maximum atomic E-state index is 12.3. The molecule has 0 saturated carbocycles. The van der Waals surface area contributed by atoms with Crippen molar-refractivity contribution in [2.24, 2.45) is 0 Å². The summed E-state index contributed by atoms with van der Waals surface area (Å²) in [6.07, 6.45) is 0.376. The molecule has 0 aliphatic carbocycles. The van der Waals surface area contributed by atoms with Gasteiger partial charge in [0.25, 0.3) is 5.91 Å². The Hall–Kier alpha value is -2.44. The Kier molecular flexibility index (Phi) is 6.12. The molecule has 7 heteroatoms. The molecule has 0 radical (unpaired) electrons. The van der Waals surface area contributed by atoms with Crippen LogP contribution < -0.4 is 10.5 Å². The van der Waals surface area contributed by atoms with E-state index in [2.05, 4.69) is 0 Å². The zero-order valence-corrected chi connectivity index (χ0v) is 15.2. The van der Waals surface area contributed by atoms with E-state index in [0.29, 0.717) is 44.0 Å². The number of nitrogens with two attached hydrogens (primary N) is 1. The van der Waals surface area contributed by atoms with Crippen LogP contribution in [0.15, 0.2) is 24.3 Å². The van der Waals surface area contributed by atoms with E-state index in [-0.39, 0.29) is 18.6 Å². The van der Waals surface area contributed by atoms with E-state index in [1.807, 2.05) is 20.8 Å². The van der Waals surface area contributed by atoms with Gasteiger partial charge in [0.1, 0.15) is 11.4 Å². The number of hydrogen-bond donors (Lipinski definition) is 1. The summed E-state index contributed by atoms with van der Waals surface area (Å²) >= 11 is 0. The number of amides is 2. The average Bonchev–Trinajstić information content (AvgIpc) is 2.77. The maximum absolute atomic E-state index is 12.3. The molecule has 0 unspecified atom stereocenters. The third-order valence-electron chi connectivity index (χ3n) is 3.72. The van der Waals surface area contributed by atoms with Crippen LogP contribution in [0.5, 0.6) is 5.75 Å². The second-order valence-electron chi connectivity index (χ2n) is 7.06. The Labute approximate surface area is 148 Å². The standard InChI is InChI=1S/C18H27N3O4/c1-18(2,3)25-17(23)21-9-5-8-20(10-11-21)16(22)13-24-15-7-4-6-14(19)12-15/h4,6-7,12H,5,8-11,13,19H2,1-3H3. The normalized spacial score (nSPS) is 15.5. The summed E-state index contributed by atoms with van der Waals surface area (Å²) in [7, 11) is 0. The summed E-state index contributed by atoms with van der Waals surface area (Å²) < 4.78 is 10.9. The van der Waals surface area contributed by atoms with Crippen LogP contribution in [0.4, 0.5) is 10.5 Å². The van der Waals surface area contributed by atoms with Crippen molar-refractivity contribution in [2.75, 3.05) is 38.5 Å². The molecular weight excluding hydrogens is 322 g/mol. The number of rotatable bonds is 3. The van der Waals surface area contributed by atoms with Gasteiger partial charge in [0.05, 0.1) is 0 Å². The Bertz CT molecular complexity index is 613. The van der Waals surface area contributed by atoms with Crippen molar-refractivity contribution in [3.05, 3.63) is 24.3 Å². The lowest BCUT2D eigenvalue weighted by molar-refractivity contribution is -0.133. The molecule has 2 amide bonds. The molecule has 1 aromatic rings. The van der Waals surface area contributed by atoms with Crippen molar-refractivity contribution < 1.29 is 19.1 Å². The van der Waals surface area contributed by atoms with Crippen molar-refractivity contribution in [1.82, 2.24) is 9.80 Å². The highest BCUT2D eigenvalue weighted by Crippen LogP contribution is 2.15. The lowest BCUT2D eigenvalue weighted by Gasteiger charge is -2.26. The fraction of sp³-hybridized carbons (Fsp3) is 0.556. The predicted molar refractivity (Wildman–Crippen MR) is 95.4 cm³/mol. The van der Waals surface area contributed by atoms with Gasteiger partial charge in [-0.1, -0.05) is 6.07 Å². The molecule has 1 saturated heterocycles. The molecule has 0 spiro atoms. The molecule has 1 heterocycles. The first-order chi connectivity index (χ1) is 11.7. The van der Waals surface area contributed by atoms with Gasteiger partial charge in [0.2, 0.25) is 0 Å². The molecular formula is C18H27N3O4. The van der Waals surface area contributed by atoms with Crippen LogP contribution in [-0.2, 0) is 9.53 Å². The minimum atomic E-state index is -0.524. The predicted octanol–water partition coefficient (Wildman–Crippen LogP) is 2.12. The quantitative estimate of drug-likeness (QED) is 0.845. The van der Waals surface area contributed by atoms with Gasteiger partial charge in [-0.15, -0.1) is 0 Å². The highest BCUT2D eigenvalue weighted by Gasteiger charge is 2.26. The van der Waals surface area contributed by atoms with E-state index in [9.17, 15) is 9.59 Å². The fourth-order valence-corrected chi connectivity index (χ4v) is 2.52. The molecule has 138 valence electrons. The van der Waals surface area contributed by atoms with Gasteiger partial charge in [0.15, 0.2) is 6.61 Å². The Balaban J connectivity index is 1.83. The third-order valence-corrected chi connectivity index (χ3v) is 3.72. The highest BCUT2D eigenvalue weighted by molar-refractivity contribution is 5.78. The fourth-order valence-electron chi connectivity index (χ4n) is 2.52. The van der Waals surface area contributed by atoms with Gasteiger partial charge >= 0.3 is 6.09 Å². The second-order valence-corrected chi connectivity index (χ2v) is 7.06. The molecule has 0 aromatic heterocycles. The molecule has 25 heavy (non-hydrogen) atoms. The lowest BCUT2D eigenvalue weighted by atomic mass is 10.2. The first-order valence-electron chi connectivity index (χ1n) is 8.49. The number of carbonyl (C=O) groups is 2. The SMILES string of the molecule is CC(C)(C)OC(=O)N1CCCN(C(=O)COc2cccc(N)c2)CC1. The Morgan fingerprint density at radius 3 is 2.48 bits per heavy atom. The number of nitrogens with zero attached hydrogens (tertiary/aromatic N) is 2. The molecule has 2 N–H and O–H groups in total. The molecule has 1 aromatic carbocycles. The molecule has 1 aliphatic rings. The largest absolute Gasteiger partial charge is 0.484 e. The first-order valence-corrected chi connectivity index (χ1v) is 8.49. The van der Waals surface area contributed by atoms with Crippen molar-refractivity contribution in [3.8, 4) is 5.75 Å². The van der Waals surface area contributed by atoms with Crippen molar-refractivity contribution in [2.45, 2.75) is 32.8 Å². The maximum Gasteiger partial charge on any atom is 0.410 e. The van der Waals surface area contributed by atoms with E-state index in [4.69, 9.17) is 15.2 Å². The number of anilines is 1. The van der Waals surface area contributed by atoms with Crippen molar-refractivity contribution >= 4 is 17.7 Å². The third kappa shape index (κ3) is 6.17. The van der Waals surface area contributed by atoms with Gasteiger partial charge < -0.3 is 25.0 Å². The van der Waals surface area contributed by atoms with E-state index in [1.165, 1.54) is 0 Å². The molecule has 0 atom stereocenters. The number of nitrogen functional groups attached to an aromatic ring is 1. The van der Waals surface area contributed by atoms with Gasteiger partial charge in [-0.25, -0.2) is 4.79 Å². The molecule has 1 fully saturated rings. The summed E-state index contributed by atoms with van der Waals surface area (Å²) in [6, 6.07) is 6.98. The lowest BCUT2D eigenvalue weighted by Crippen LogP contribution is -2.41. The molecule has 0 bridgehead atoms. The van der Waals surface area contributed by atoms with Crippen molar-refractivity contribution in [1.29, 1.82) is 0 Å². The van der Waals surface area contributed by atoms with Crippen LogP contribution in [0, 0.1) is 0 Å². The van der Waals surface area contributed by atoms with Gasteiger partial charge in [-0.3, -0.25) is 4.79 Å². The zero-order valence-electron chi connectivity index (χ0n) is 15.2. The summed E-state index contributed by atoms with van der Waals surface area (Å²) in [5.74, 6) is 0.465. The number of ether oxygens (including phenoxy) is 2. The summed E-state index contributed by atoms with van der Waals surface area (Å²) in [6.45, 7) is 7.57. The summed E-state index contributed by atoms with van der Waals surface area (Å²) in [4.78, 5) is 27.9. The topological polar surface area (TPSA) is 85.1 Å². The van der Waals surface area contributed by atoms with Gasteiger partial charge in [-0.2, -0.15) is 0 Å². The monoisotopic (exact) mass is 349 g/mol. The highest BCUT2D eigenvalue weighted by atomic mass is 16.6. The van der Waals surface area contributed by atoms with E-state index >= 15 is 0 Å². The van der Waals surface area contributed by atoms with Crippen LogP contribution in [0.3, 0.4) is 0 Å². The zero-order chi connectivity index (χ0) is 18.4. The smallest absolute Gasteiger partial charge is 0.410 e. The summed E-state index contributed by atoms with van der Waals surface area (Å²) in [5.41, 5.74) is 5.76. The van der Waals surface area contributed by atoms with Crippen LogP contribution in [0.1, 0.15) is 27.2 Å². The molecule has 7 nitrogen and oxygen atoms in total. The second kappa shape index (κ2) is 8.09. The number of hydrogen-bond acceptors (Lipinski definition) is 5. The van der Waals surface area contributed by atoms with Crippen LogP contribution >= 0.6 is 0 Å². The first kappa shape index (κ1) is 18.9.